The standard InChI is InChI=1S/C16H18N2O6/c1-16(2)14(21)18(15(22)17-16)10-12(19)23-8-9-24-13(20)11-6-4-3-5-7-11/h3-7H,8-10H2,1-2H3,(H,17,22). The molecule has 24 heavy (non-hydrogen) atoms. The lowest BCUT2D eigenvalue weighted by molar-refractivity contribution is -0.148. The predicted octanol–water partition coefficient (Wildman–Crippen LogP) is 0.717. The van der Waals surface area contributed by atoms with Gasteiger partial charge in [-0.15, -0.1) is 0 Å². The molecule has 0 aliphatic carbocycles. The number of carbonyl (C=O) groups excluding carboxylic acids is 4. The van der Waals surface area contributed by atoms with Crippen molar-refractivity contribution in [1.29, 1.82) is 0 Å². The molecule has 0 unspecified atom stereocenters. The molecule has 0 radical (unpaired) electrons. The molecule has 128 valence electrons. The second-order valence-corrected chi connectivity index (χ2v) is 5.67. The van der Waals surface area contributed by atoms with Crippen LogP contribution >= 0.6 is 0 Å². The van der Waals surface area contributed by atoms with Crippen LogP contribution in [0.2, 0.25) is 0 Å². The van der Waals surface area contributed by atoms with Crippen LogP contribution < -0.4 is 5.32 Å². The quantitative estimate of drug-likeness (QED) is 0.467. The summed E-state index contributed by atoms with van der Waals surface area (Å²) in [4.78, 5) is 47.7. The van der Waals surface area contributed by atoms with E-state index in [4.69, 9.17) is 9.47 Å². The summed E-state index contributed by atoms with van der Waals surface area (Å²) in [5, 5.41) is 2.46. The number of hydrogen-bond donors (Lipinski definition) is 1. The molecular weight excluding hydrogens is 316 g/mol. The monoisotopic (exact) mass is 334 g/mol. The SMILES string of the molecule is CC1(C)NC(=O)N(CC(=O)OCCOC(=O)c2ccccc2)C1=O. The van der Waals surface area contributed by atoms with Crippen LogP contribution in [-0.2, 0) is 19.1 Å². The fourth-order valence-electron chi connectivity index (χ4n) is 2.08. The maximum Gasteiger partial charge on any atom is 0.338 e. The fraction of sp³-hybridized carbons (Fsp3) is 0.375. The fourth-order valence-corrected chi connectivity index (χ4v) is 2.08. The van der Waals surface area contributed by atoms with E-state index in [9.17, 15) is 19.2 Å². The highest BCUT2D eigenvalue weighted by atomic mass is 16.6. The van der Waals surface area contributed by atoms with Crippen molar-refractivity contribution in [3.63, 3.8) is 0 Å². The van der Waals surface area contributed by atoms with Gasteiger partial charge in [-0.2, -0.15) is 0 Å². The van der Waals surface area contributed by atoms with Crippen LogP contribution in [0, 0.1) is 0 Å². The summed E-state index contributed by atoms with van der Waals surface area (Å²) in [6.07, 6.45) is 0. The molecular formula is C16H18N2O6. The molecule has 0 aromatic heterocycles. The molecule has 2 rings (SSSR count). The van der Waals surface area contributed by atoms with Gasteiger partial charge in [-0.1, -0.05) is 18.2 Å². The second kappa shape index (κ2) is 7.12. The molecule has 3 amide bonds. The number of carbonyl (C=O) groups is 4. The van der Waals surface area contributed by atoms with Gasteiger partial charge < -0.3 is 14.8 Å². The third-order valence-corrected chi connectivity index (χ3v) is 3.32. The van der Waals surface area contributed by atoms with Gasteiger partial charge in [0.05, 0.1) is 5.56 Å². The zero-order valence-corrected chi connectivity index (χ0v) is 13.4. The molecule has 0 spiro atoms. The Balaban J connectivity index is 1.72. The van der Waals surface area contributed by atoms with E-state index in [0.29, 0.717) is 5.56 Å². The van der Waals surface area contributed by atoms with Crippen molar-refractivity contribution >= 4 is 23.9 Å². The zero-order valence-electron chi connectivity index (χ0n) is 13.4. The summed E-state index contributed by atoms with van der Waals surface area (Å²) in [5.41, 5.74) is -0.645. The van der Waals surface area contributed by atoms with Gasteiger partial charge in [0.2, 0.25) is 0 Å². The van der Waals surface area contributed by atoms with E-state index in [1.165, 1.54) is 0 Å². The Morgan fingerprint density at radius 3 is 2.29 bits per heavy atom. The van der Waals surface area contributed by atoms with Crippen LogP contribution in [0.4, 0.5) is 4.79 Å². The lowest BCUT2D eigenvalue weighted by Gasteiger charge is -2.15. The van der Waals surface area contributed by atoms with Gasteiger partial charge in [0.15, 0.2) is 0 Å². The number of imide groups is 1. The topological polar surface area (TPSA) is 102 Å². The summed E-state index contributed by atoms with van der Waals surface area (Å²) < 4.78 is 9.81. The van der Waals surface area contributed by atoms with Crippen molar-refractivity contribution in [2.45, 2.75) is 19.4 Å². The second-order valence-electron chi connectivity index (χ2n) is 5.67. The smallest absolute Gasteiger partial charge is 0.338 e. The number of nitrogens with one attached hydrogen (secondary N) is 1. The maximum atomic E-state index is 11.9. The maximum absolute atomic E-state index is 11.9. The van der Waals surface area contributed by atoms with Crippen molar-refractivity contribution < 1.29 is 28.7 Å². The molecule has 1 aromatic carbocycles. The summed E-state index contributed by atoms with van der Waals surface area (Å²) in [6, 6.07) is 7.75. The van der Waals surface area contributed by atoms with Crippen LogP contribution in [0.1, 0.15) is 24.2 Å². The highest BCUT2D eigenvalue weighted by Crippen LogP contribution is 2.16. The molecule has 8 nitrogen and oxygen atoms in total. The number of ether oxygens (including phenoxy) is 2. The van der Waals surface area contributed by atoms with Crippen molar-refractivity contribution in [2.75, 3.05) is 19.8 Å². The molecule has 1 N–H and O–H groups in total. The van der Waals surface area contributed by atoms with E-state index in [0.717, 1.165) is 4.90 Å². The minimum absolute atomic E-state index is 0.120. The highest BCUT2D eigenvalue weighted by Gasteiger charge is 2.45. The van der Waals surface area contributed by atoms with E-state index < -0.39 is 36.0 Å². The van der Waals surface area contributed by atoms with E-state index in [1.54, 1.807) is 44.2 Å². The zero-order chi connectivity index (χ0) is 17.7. The van der Waals surface area contributed by atoms with Crippen molar-refractivity contribution in [3.8, 4) is 0 Å². The van der Waals surface area contributed by atoms with Crippen molar-refractivity contribution in [3.05, 3.63) is 35.9 Å². The number of amides is 3. The molecule has 8 heteroatoms. The number of hydrogen-bond acceptors (Lipinski definition) is 6. The number of nitrogens with zero attached hydrogens (tertiary/aromatic N) is 1. The lowest BCUT2D eigenvalue weighted by Crippen LogP contribution is -2.41. The molecule has 1 aliphatic heterocycles. The number of rotatable bonds is 6. The van der Waals surface area contributed by atoms with Crippen molar-refractivity contribution in [2.24, 2.45) is 0 Å². The summed E-state index contributed by atoms with van der Waals surface area (Å²) in [6.45, 7) is 2.32. The number of benzene rings is 1. The van der Waals surface area contributed by atoms with E-state index >= 15 is 0 Å². The van der Waals surface area contributed by atoms with Crippen LogP contribution in [-0.4, -0.2) is 54.1 Å². The molecule has 0 saturated carbocycles. The minimum Gasteiger partial charge on any atom is -0.461 e. The Labute approximate surface area is 138 Å². The highest BCUT2D eigenvalue weighted by molar-refractivity contribution is 6.08. The van der Waals surface area contributed by atoms with E-state index in [2.05, 4.69) is 5.32 Å². The van der Waals surface area contributed by atoms with Crippen LogP contribution in [0.25, 0.3) is 0 Å². The summed E-state index contributed by atoms with van der Waals surface area (Å²) >= 11 is 0. The van der Waals surface area contributed by atoms with Gasteiger partial charge in [0.25, 0.3) is 5.91 Å². The first-order valence-electron chi connectivity index (χ1n) is 7.33. The van der Waals surface area contributed by atoms with Gasteiger partial charge in [-0.25, -0.2) is 9.59 Å². The number of esters is 2. The Kier molecular flexibility index (Phi) is 5.18. The Morgan fingerprint density at radius 1 is 1.08 bits per heavy atom. The third-order valence-electron chi connectivity index (χ3n) is 3.32. The van der Waals surface area contributed by atoms with Crippen molar-refractivity contribution in [1.82, 2.24) is 10.2 Å². The first-order valence-corrected chi connectivity index (χ1v) is 7.33. The largest absolute Gasteiger partial charge is 0.461 e. The van der Waals surface area contributed by atoms with E-state index in [1.807, 2.05) is 0 Å². The van der Waals surface area contributed by atoms with Gasteiger partial charge in [-0.3, -0.25) is 14.5 Å². The third kappa shape index (κ3) is 4.09. The van der Waals surface area contributed by atoms with Gasteiger partial charge in [-0.05, 0) is 26.0 Å². The first kappa shape index (κ1) is 17.5. The number of urea groups is 1. The molecule has 1 saturated heterocycles. The lowest BCUT2D eigenvalue weighted by atomic mass is 10.1. The Hall–Kier alpha value is -2.90. The first-order chi connectivity index (χ1) is 11.3. The van der Waals surface area contributed by atoms with Gasteiger partial charge >= 0.3 is 18.0 Å². The van der Waals surface area contributed by atoms with Crippen LogP contribution in [0.3, 0.4) is 0 Å². The van der Waals surface area contributed by atoms with Gasteiger partial charge in [0.1, 0.15) is 25.3 Å². The van der Waals surface area contributed by atoms with Crippen LogP contribution in [0.5, 0.6) is 0 Å². The molecule has 1 heterocycles. The normalized spacial score (nSPS) is 15.8. The molecule has 0 bridgehead atoms. The predicted molar refractivity (Wildman–Crippen MR) is 82.0 cm³/mol. The average molecular weight is 334 g/mol. The van der Waals surface area contributed by atoms with Gasteiger partial charge in [0, 0.05) is 0 Å². The molecule has 0 atom stereocenters. The van der Waals surface area contributed by atoms with E-state index in [-0.39, 0.29) is 13.2 Å². The summed E-state index contributed by atoms with van der Waals surface area (Å²) in [5.74, 6) is -1.78. The average Bonchev–Trinajstić information content (AvgIpc) is 2.74. The molecule has 1 aromatic rings. The molecule has 1 fully saturated rings. The Morgan fingerprint density at radius 2 is 1.71 bits per heavy atom. The summed E-state index contributed by atoms with van der Waals surface area (Å²) in [7, 11) is 0. The van der Waals surface area contributed by atoms with Crippen LogP contribution in [0.15, 0.2) is 30.3 Å². The molecule has 1 aliphatic rings. The minimum atomic E-state index is -1.04. The Bertz CT molecular complexity index is 656.